The fraction of sp³-hybridized carbons (Fsp3) is 0.600. The minimum atomic E-state index is 0.138. The van der Waals surface area contributed by atoms with Gasteiger partial charge in [0.15, 0.2) is 14.2 Å². The topological polar surface area (TPSA) is 75.2 Å². The van der Waals surface area contributed by atoms with Gasteiger partial charge in [0.25, 0.3) is 0 Å². The first kappa shape index (κ1) is 14.7. The van der Waals surface area contributed by atoms with E-state index >= 15 is 0 Å². The van der Waals surface area contributed by atoms with Crippen LogP contribution in [0, 0.1) is 11.3 Å². The van der Waals surface area contributed by atoms with Crippen LogP contribution in [0.3, 0.4) is 0 Å². The molecule has 1 aliphatic rings. The van der Waals surface area contributed by atoms with Gasteiger partial charge in [-0.15, -0.1) is 0 Å². The molecule has 0 saturated heterocycles. The van der Waals surface area contributed by atoms with Crippen molar-refractivity contribution in [2.24, 2.45) is 9.51 Å². The molecule has 0 atom stereocenters. The Kier molecular flexibility index (Phi) is 8.19. The van der Waals surface area contributed by atoms with E-state index in [0.717, 1.165) is 0 Å². The van der Waals surface area contributed by atoms with Crippen molar-refractivity contribution in [3.63, 3.8) is 0 Å². The van der Waals surface area contributed by atoms with Gasteiger partial charge in [-0.25, -0.2) is 5.87 Å². The van der Waals surface area contributed by atoms with Gasteiger partial charge in [0, 0.05) is 0 Å². The third-order valence-corrected chi connectivity index (χ3v) is 2.80. The highest BCUT2D eigenvalue weighted by atomic mass is 31.1. The first-order valence-electron chi connectivity index (χ1n) is 5.23. The Labute approximate surface area is 97.9 Å². The fourth-order valence-electron chi connectivity index (χ4n) is 1.11. The zero-order chi connectivity index (χ0) is 12.4. The summed E-state index contributed by atoms with van der Waals surface area (Å²) in [5.74, 6) is 1.75. The molecule has 16 heavy (non-hydrogen) atoms. The van der Waals surface area contributed by atoms with Crippen molar-refractivity contribution in [2.75, 3.05) is 19.6 Å². The van der Waals surface area contributed by atoms with E-state index in [-0.39, 0.29) is 11.4 Å². The highest BCUT2D eigenvalue weighted by Crippen LogP contribution is 2.17. The molecular weight excluding hydrogens is 221 g/mol. The van der Waals surface area contributed by atoms with Gasteiger partial charge >= 0.3 is 0 Å². The second-order valence-corrected chi connectivity index (χ2v) is 3.60. The molecule has 1 rings (SSSR count). The molecule has 86 valence electrons. The number of quaternary nitrogens is 1. The lowest BCUT2D eigenvalue weighted by Crippen LogP contribution is -3.11. The van der Waals surface area contributed by atoms with E-state index in [2.05, 4.69) is 30.3 Å². The predicted molar refractivity (Wildman–Crippen MR) is 66.9 cm³/mol. The van der Waals surface area contributed by atoms with Gasteiger partial charge in [0.05, 0.1) is 19.6 Å². The third kappa shape index (κ3) is 4.95. The van der Waals surface area contributed by atoms with E-state index in [0.29, 0.717) is 8.52 Å². The minimum absolute atomic E-state index is 0.138. The molecule has 0 aliphatic carbocycles. The molecule has 0 fully saturated rings. The lowest BCUT2D eigenvalue weighted by atomic mass is 10.3. The van der Waals surface area contributed by atoms with Gasteiger partial charge in [0.1, 0.15) is 11.8 Å². The van der Waals surface area contributed by atoms with Gasteiger partial charge < -0.3 is 10.3 Å². The van der Waals surface area contributed by atoms with E-state index in [1.165, 1.54) is 19.6 Å². The third-order valence-electron chi connectivity index (χ3n) is 2.23. The van der Waals surface area contributed by atoms with Crippen LogP contribution in [-0.4, -0.2) is 31.2 Å². The van der Waals surface area contributed by atoms with Crippen LogP contribution >= 0.6 is 8.52 Å². The maximum absolute atomic E-state index is 8.25. The highest BCUT2D eigenvalue weighted by Gasteiger charge is 2.05. The molecule has 6 heteroatoms. The van der Waals surface area contributed by atoms with Crippen molar-refractivity contribution in [2.45, 2.75) is 20.8 Å². The highest BCUT2D eigenvalue weighted by molar-refractivity contribution is 7.26. The number of hydrogen-bond donors (Lipinski definition) is 1. The number of nitrogens with zero attached hydrogens (tertiary/aromatic N) is 4. The fourth-order valence-corrected chi connectivity index (χ4v) is 1.61. The first-order chi connectivity index (χ1) is 7.73. The Morgan fingerprint density at radius 1 is 1.31 bits per heavy atom. The smallest absolute Gasteiger partial charge is 0.179 e. The first-order valence-corrected chi connectivity index (χ1v) is 6.03. The number of nitriles is 1. The average Bonchev–Trinajstić information content (AvgIpc) is 2.79. The summed E-state index contributed by atoms with van der Waals surface area (Å²) in [6.07, 6.45) is 0. The van der Waals surface area contributed by atoms with Crippen LogP contribution in [0.5, 0.6) is 0 Å². The zero-order valence-electron chi connectivity index (χ0n) is 9.86. The monoisotopic (exact) mass is 237 g/mol. The molecule has 0 radical (unpaired) electrons. The van der Waals surface area contributed by atoms with Gasteiger partial charge in [-0.05, 0) is 20.8 Å². The van der Waals surface area contributed by atoms with Crippen LogP contribution in [0.2, 0.25) is 0 Å². The molecule has 1 heterocycles. The summed E-state index contributed by atoms with van der Waals surface area (Å²) in [5.41, 5.74) is 0.276. The standard InChI is InChI=1S/C6H15N.C4N4P/c1-4-7(5-2)6-3;5-1-3-4(2-6)8-9-7-3/h4-6H2,1-3H3;/q;-1/p+1. The van der Waals surface area contributed by atoms with Gasteiger partial charge in [-0.1, -0.05) is 0 Å². The largest absolute Gasteiger partial charge is 0.761 e. The normalized spacial score (nSPS) is 13.7. The van der Waals surface area contributed by atoms with E-state index in [1.807, 2.05) is 0 Å². The van der Waals surface area contributed by atoms with Crippen molar-refractivity contribution < 1.29 is 4.90 Å². The number of rotatable bonds is 3. The molecule has 0 saturated carbocycles. The predicted octanol–water partition coefficient (Wildman–Crippen LogP) is 1.06. The van der Waals surface area contributed by atoms with Crippen molar-refractivity contribution in [3.8, 4) is 6.07 Å². The van der Waals surface area contributed by atoms with Crippen LogP contribution in [0.4, 0.5) is 0 Å². The maximum Gasteiger partial charge on any atom is 0.179 e. The number of hydrogen-bond acceptors (Lipinski definition) is 3. The van der Waals surface area contributed by atoms with Crippen LogP contribution < -0.4 is 4.90 Å². The van der Waals surface area contributed by atoms with E-state index in [1.54, 1.807) is 16.8 Å². The Hall–Kier alpha value is -1.33. The van der Waals surface area contributed by atoms with Gasteiger partial charge in [-0.2, -0.15) is 14.8 Å². The lowest BCUT2D eigenvalue weighted by molar-refractivity contribution is -0.894. The molecule has 1 aliphatic heterocycles. The molecule has 0 aromatic carbocycles. The molecule has 0 spiro atoms. The molecule has 0 aromatic rings. The molecule has 1 N–H and O–H groups in total. The molecule has 0 amide bonds. The van der Waals surface area contributed by atoms with Crippen molar-refractivity contribution in [1.82, 2.24) is 0 Å². The average molecular weight is 237 g/mol. The number of allylic oxidation sites excluding steroid dienone is 1. The van der Waals surface area contributed by atoms with Crippen LogP contribution in [0.25, 0.3) is 5.41 Å². The summed E-state index contributed by atoms with van der Waals surface area (Å²) in [6, 6.07) is 1.75. The van der Waals surface area contributed by atoms with Gasteiger partial charge in [0.2, 0.25) is 0 Å². The van der Waals surface area contributed by atoms with Crippen molar-refractivity contribution >= 4 is 20.1 Å². The van der Waals surface area contributed by atoms with E-state index in [9.17, 15) is 0 Å². The van der Waals surface area contributed by atoms with Crippen LogP contribution in [0.1, 0.15) is 20.8 Å². The number of nitrogens with one attached hydrogen (secondary N) is 1. The Morgan fingerprint density at radius 3 is 2.12 bits per heavy atom. The van der Waals surface area contributed by atoms with Crippen LogP contribution in [0.15, 0.2) is 15.2 Å². The summed E-state index contributed by atoms with van der Waals surface area (Å²) in [6.45, 7) is 10.5. The summed E-state index contributed by atoms with van der Waals surface area (Å²) in [5, 5.41) is 16.5. The second-order valence-electron chi connectivity index (χ2n) is 3.02. The maximum atomic E-state index is 8.25. The summed E-state index contributed by atoms with van der Waals surface area (Å²) >= 11 is 0. The minimum Gasteiger partial charge on any atom is -0.761 e. The van der Waals surface area contributed by atoms with Crippen molar-refractivity contribution in [1.29, 1.82) is 5.26 Å². The molecule has 5 nitrogen and oxygen atoms in total. The summed E-state index contributed by atoms with van der Waals surface area (Å²) < 4.78 is 7.22. The SMILES string of the molecule is CC[NH+](CC)CC.N#CC1=NP=NC1=C=[N-]. The van der Waals surface area contributed by atoms with E-state index in [4.69, 9.17) is 10.7 Å². The lowest BCUT2D eigenvalue weighted by Gasteiger charge is -2.10. The Morgan fingerprint density at radius 2 is 1.88 bits per heavy atom. The Balaban J connectivity index is 0.000000293. The molecule has 0 aromatic heterocycles. The summed E-state index contributed by atoms with van der Waals surface area (Å²) in [7, 11) is 0.442. The van der Waals surface area contributed by atoms with Crippen molar-refractivity contribution in [3.05, 3.63) is 11.1 Å². The molecule has 0 bridgehead atoms. The summed E-state index contributed by atoms with van der Waals surface area (Å²) in [4.78, 5) is 1.68. The van der Waals surface area contributed by atoms with Gasteiger partial charge in [-0.3, -0.25) is 0 Å². The van der Waals surface area contributed by atoms with E-state index < -0.39 is 0 Å². The second kappa shape index (κ2) is 8.94. The molecule has 0 unspecified atom stereocenters. The zero-order valence-corrected chi connectivity index (χ0v) is 10.8. The van der Waals surface area contributed by atoms with Crippen LogP contribution in [-0.2, 0) is 0 Å². The Bertz CT molecular complexity index is 350. The molecular formula is C10H16N5P. The quantitative estimate of drug-likeness (QED) is 0.578.